The number of piperazine rings is 1. The standard InChI is InChI=1S/C45H87N5/c1-38(2,3)35-17-27-49(28-18-35)44(15,22-21-40(7,8)37-33-50(34-37)39(4,5)6)23-24-45(16)36-19-25-46(26-20-36)41(9,10)42(11,12)47-29-31-48(32-30-47)43(45,13)14/h35-37H,17-34H2,1-16H3. The number of rotatable bonds is 8. The third-order valence-corrected chi connectivity index (χ3v) is 17.9. The Balaban J connectivity index is 1.40. The Morgan fingerprint density at radius 3 is 1.40 bits per heavy atom. The van der Waals surface area contributed by atoms with Gasteiger partial charge in [-0.05, 0) is 181 Å². The Morgan fingerprint density at radius 2 is 0.940 bits per heavy atom. The van der Waals surface area contributed by atoms with E-state index in [1.807, 2.05) is 0 Å². The predicted octanol–water partition coefficient (Wildman–Crippen LogP) is 9.51. The zero-order chi connectivity index (χ0) is 37.3. The third kappa shape index (κ3) is 7.54. The van der Waals surface area contributed by atoms with Gasteiger partial charge in [0.05, 0.1) is 0 Å². The summed E-state index contributed by atoms with van der Waals surface area (Å²) in [4.78, 5) is 14.4. The van der Waals surface area contributed by atoms with Crippen LogP contribution in [0.3, 0.4) is 0 Å². The average Bonchev–Trinajstić information content (AvgIpc) is 3.00. The van der Waals surface area contributed by atoms with Crippen LogP contribution in [0.15, 0.2) is 0 Å². The normalized spacial score (nSPS) is 36.0. The summed E-state index contributed by atoms with van der Waals surface area (Å²) in [6.45, 7) is 53.2. The summed E-state index contributed by atoms with van der Waals surface area (Å²) in [6, 6.07) is 0. The van der Waals surface area contributed by atoms with Crippen LogP contribution >= 0.6 is 0 Å². The van der Waals surface area contributed by atoms with Crippen LogP contribution in [0.2, 0.25) is 0 Å². The van der Waals surface area contributed by atoms with E-state index in [-0.39, 0.29) is 27.6 Å². The fourth-order valence-corrected chi connectivity index (χ4v) is 11.6. The summed E-state index contributed by atoms with van der Waals surface area (Å²) >= 11 is 0. The Hall–Kier alpha value is -0.200. The Bertz CT molecular complexity index is 1130. The van der Waals surface area contributed by atoms with Gasteiger partial charge in [0.2, 0.25) is 0 Å². The molecule has 8 aliphatic rings. The van der Waals surface area contributed by atoms with Crippen molar-refractivity contribution in [2.75, 3.05) is 65.4 Å². The molecule has 0 radical (unpaired) electrons. The summed E-state index contributed by atoms with van der Waals surface area (Å²) in [5.74, 6) is 2.44. The molecule has 2 unspecified atom stereocenters. The molecule has 0 aromatic carbocycles. The van der Waals surface area contributed by atoms with Gasteiger partial charge in [-0.25, -0.2) is 0 Å². The molecule has 5 nitrogen and oxygen atoms in total. The van der Waals surface area contributed by atoms with Gasteiger partial charge in [-0.15, -0.1) is 0 Å². The molecule has 0 N–H and O–H groups in total. The molecule has 0 saturated carbocycles. The van der Waals surface area contributed by atoms with Crippen LogP contribution in [0.25, 0.3) is 0 Å². The quantitative estimate of drug-likeness (QED) is 0.251. The molecule has 0 aromatic heterocycles. The molecule has 5 heteroatoms. The second-order valence-corrected chi connectivity index (χ2v) is 23.2. The Kier molecular flexibility index (Phi) is 11.3. The first kappa shape index (κ1) is 41.0. The van der Waals surface area contributed by atoms with E-state index < -0.39 is 0 Å². The van der Waals surface area contributed by atoms with Gasteiger partial charge in [0.1, 0.15) is 0 Å². The zero-order valence-electron chi connectivity index (χ0n) is 36.7. The summed E-state index contributed by atoms with van der Waals surface area (Å²) in [6.07, 6.45) is 10.8. The van der Waals surface area contributed by atoms with E-state index in [0.717, 1.165) is 17.8 Å². The minimum Gasteiger partial charge on any atom is -0.298 e. The molecule has 292 valence electrons. The van der Waals surface area contributed by atoms with Crippen LogP contribution in [0.1, 0.15) is 162 Å². The first-order valence-corrected chi connectivity index (χ1v) is 21.5. The van der Waals surface area contributed by atoms with Crippen molar-refractivity contribution in [3.63, 3.8) is 0 Å². The van der Waals surface area contributed by atoms with Crippen LogP contribution in [-0.4, -0.2) is 118 Å². The minimum atomic E-state index is 0.166. The molecule has 0 amide bonds. The predicted molar refractivity (Wildman–Crippen MR) is 217 cm³/mol. The van der Waals surface area contributed by atoms with E-state index in [9.17, 15) is 0 Å². The lowest BCUT2D eigenvalue weighted by Crippen LogP contribution is -2.72. The van der Waals surface area contributed by atoms with Crippen molar-refractivity contribution in [2.45, 2.75) is 190 Å². The zero-order valence-corrected chi connectivity index (χ0v) is 36.7. The van der Waals surface area contributed by atoms with Crippen molar-refractivity contribution >= 4 is 0 Å². The van der Waals surface area contributed by atoms with E-state index in [1.54, 1.807) is 0 Å². The van der Waals surface area contributed by atoms with Crippen molar-refractivity contribution in [1.82, 2.24) is 24.5 Å². The number of nitrogens with zero attached hydrogens (tertiary/aromatic N) is 5. The van der Waals surface area contributed by atoms with E-state index >= 15 is 0 Å². The molecule has 4 bridgehead atoms. The lowest BCUT2D eigenvalue weighted by atomic mass is 9.57. The number of hydrogen-bond donors (Lipinski definition) is 0. The number of hydrogen-bond acceptors (Lipinski definition) is 5. The van der Waals surface area contributed by atoms with Gasteiger partial charge in [-0.2, -0.15) is 0 Å². The van der Waals surface area contributed by atoms with E-state index in [4.69, 9.17) is 0 Å². The molecule has 8 fully saturated rings. The van der Waals surface area contributed by atoms with Gasteiger partial charge in [0, 0.05) is 67.0 Å². The van der Waals surface area contributed by atoms with Crippen molar-refractivity contribution in [1.29, 1.82) is 0 Å². The second-order valence-electron chi connectivity index (χ2n) is 23.2. The summed E-state index contributed by atoms with van der Waals surface area (Å²) in [7, 11) is 0. The molecule has 0 aromatic rings. The molecule has 0 spiro atoms. The van der Waals surface area contributed by atoms with Gasteiger partial charge in [0.15, 0.2) is 0 Å². The summed E-state index contributed by atoms with van der Waals surface area (Å²) in [5, 5.41) is 0. The number of piperidine rings is 2. The third-order valence-electron chi connectivity index (χ3n) is 17.9. The molecule has 2 atom stereocenters. The van der Waals surface area contributed by atoms with Gasteiger partial charge >= 0.3 is 0 Å². The minimum absolute atomic E-state index is 0.166. The number of likely N-dealkylation sites (tertiary alicyclic amines) is 2. The molecule has 8 aliphatic heterocycles. The largest absolute Gasteiger partial charge is 0.298 e. The highest BCUT2D eigenvalue weighted by Crippen LogP contribution is 2.54. The lowest BCUT2D eigenvalue weighted by Gasteiger charge is -2.63. The SMILES string of the molecule is CC(C)(C)C1CCN(C(C)(CCC(C)(C)C2CN(C(C)(C)C)C2)CCC2(C)C3CCN(CC3)C(C)(C)C(C)(C)N3CCN(CC3)C2(C)C)CC1. The Morgan fingerprint density at radius 1 is 0.480 bits per heavy atom. The van der Waals surface area contributed by atoms with Crippen LogP contribution < -0.4 is 0 Å². The maximum absolute atomic E-state index is 3.02. The first-order chi connectivity index (χ1) is 22.8. The van der Waals surface area contributed by atoms with Gasteiger partial charge in [-0.1, -0.05) is 41.5 Å². The average molecular weight is 698 g/mol. The highest BCUT2D eigenvalue weighted by molar-refractivity contribution is 5.11. The van der Waals surface area contributed by atoms with Crippen molar-refractivity contribution < 1.29 is 0 Å². The van der Waals surface area contributed by atoms with E-state index in [1.165, 1.54) is 117 Å². The molecule has 8 heterocycles. The molecule has 0 aliphatic carbocycles. The molecular weight excluding hydrogens is 611 g/mol. The second kappa shape index (κ2) is 13.8. The monoisotopic (exact) mass is 698 g/mol. The molecule has 50 heavy (non-hydrogen) atoms. The fraction of sp³-hybridized carbons (Fsp3) is 1.00. The van der Waals surface area contributed by atoms with E-state index in [0.29, 0.717) is 16.4 Å². The molecule has 8 saturated heterocycles. The first-order valence-electron chi connectivity index (χ1n) is 21.5. The summed E-state index contributed by atoms with van der Waals surface area (Å²) < 4.78 is 0. The van der Waals surface area contributed by atoms with Gasteiger partial charge in [0.25, 0.3) is 0 Å². The molecular formula is C45H87N5. The van der Waals surface area contributed by atoms with Crippen LogP contribution in [-0.2, 0) is 0 Å². The lowest BCUT2D eigenvalue weighted by molar-refractivity contribution is -0.134. The highest BCUT2D eigenvalue weighted by atomic mass is 15.4. The maximum Gasteiger partial charge on any atom is 0.0332 e. The fourth-order valence-electron chi connectivity index (χ4n) is 11.6. The smallest absolute Gasteiger partial charge is 0.0332 e. The van der Waals surface area contributed by atoms with Crippen LogP contribution in [0.4, 0.5) is 0 Å². The van der Waals surface area contributed by atoms with Crippen molar-refractivity contribution in [2.24, 2.45) is 34.0 Å². The maximum atomic E-state index is 3.02. The molecule has 8 rings (SSSR count). The topological polar surface area (TPSA) is 16.2 Å². The van der Waals surface area contributed by atoms with Crippen LogP contribution in [0.5, 0.6) is 0 Å². The van der Waals surface area contributed by atoms with E-state index in [2.05, 4.69) is 135 Å². The van der Waals surface area contributed by atoms with Crippen molar-refractivity contribution in [3.8, 4) is 0 Å². The van der Waals surface area contributed by atoms with Crippen LogP contribution in [0, 0.1) is 34.0 Å². The van der Waals surface area contributed by atoms with Crippen molar-refractivity contribution in [3.05, 3.63) is 0 Å². The Labute approximate surface area is 313 Å². The van der Waals surface area contributed by atoms with Gasteiger partial charge < -0.3 is 0 Å². The van der Waals surface area contributed by atoms with Gasteiger partial charge in [-0.3, -0.25) is 24.5 Å². The highest BCUT2D eigenvalue weighted by Gasteiger charge is 2.55. The summed E-state index contributed by atoms with van der Waals surface area (Å²) in [5.41, 5.74) is 2.14.